The molecule has 3 aromatic rings. The molecule has 1 saturated heterocycles. The largest absolute Gasteiger partial charge is 0.449 e. The first-order chi connectivity index (χ1) is 15.6. The van der Waals surface area contributed by atoms with Crippen molar-refractivity contribution in [1.82, 2.24) is 13.9 Å². The molecule has 33 heavy (non-hydrogen) atoms. The van der Waals surface area contributed by atoms with Gasteiger partial charge in [-0.25, -0.2) is 13.4 Å². The second-order valence-corrected chi connectivity index (χ2v) is 10.0. The molecule has 7 nitrogen and oxygen atoms in total. The van der Waals surface area contributed by atoms with Gasteiger partial charge in [0.1, 0.15) is 0 Å². The lowest BCUT2D eigenvalue weighted by Gasteiger charge is -2.31. The Labute approximate surface area is 189 Å². The second-order valence-electron chi connectivity index (χ2n) is 8.09. The van der Waals surface area contributed by atoms with E-state index >= 15 is 0 Å². The molecule has 0 radical (unpaired) electrons. The standard InChI is InChI=1S/C22H23F3N4O3S/c1-15(30)26-17-6-8-18(9-7-17)33(31,32)28-12-10-16(11-13-28)14-29-20-5-3-2-4-19(20)27-21(29)22(23,24)25/h2-9,16H,10-14H2,1H3,(H,26,30). The predicted octanol–water partition coefficient (Wildman–Crippen LogP) is 4.11. The smallest absolute Gasteiger partial charge is 0.326 e. The number of anilines is 1. The number of rotatable bonds is 5. The van der Waals surface area contributed by atoms with Crippen molar-refractivity contribution in [3.05, 3.63) is 54.4 Å². The van der Waals surface area contributed by atoms with Gasteiger partial charge in [0.2, 0.25) is 21.8 Å². The van der Waals surface area contributed by atoms with Crippen molar-refractivity contribution in [2.75, 3.05) is 18.4 Å². The molecule has 1 aliphatic heterocycles. The van der Waals surface area contributed by atoms with E-state index in [1.807, 2.05) is 0 Å². The second kappa shape index (κ2) is 8.79. The zero-order valence-electron chi connectivity index (χ0n) is 17.8. The van der Waals surface area contributed by atoms with Crippen LogP contribution in [-0.4, -0.2) is 41.3 Å². The Kier molecular flexibility index (Phi) is 6.19. The predicted molar refractivity (Wildman–Crippen MR) is 117 cm³/mol. The molecule has 1 aromatic heterocycles. The maximum absolute atomic E-state index is 13.6. The van der Waals surface area contributed by atoms with Crippen LogP contribution in [0.2, 0.25) is 0 Å². The molecule has 0 aliphatic carbocycles. The summed E-state index contributed by atoms with van der Waals surface area (Å²) in [4.78, 5) is 15.0. The molecule has 1 fully saturated rings. The van der Waals surface area contributed by atoms with Gasteiger partial charge in [-0.3, -0.25) is 4.79 Å². The lowest BCUT2D eigenvalue weighted by Crippen LogP contribution is -2.39. The van der Waals surface area contributed by atoms with Gasteiger partial charge in [0.25, 0.3) is 0 Å². The Morgan fingerprint density at radius 2 is 1.73 bits per heavy atom. The third-order valence-corrected chi connectivity index (χ3v) is 7.65. The van der Waals surface area contributed by atoms with Crippen LogP contribution in [0.5, 0.6) is 0 Å². The van der Waals surface area contributed by atoms with E-state index in [1.54, 1.807) is 24.3 Å². The van der Waals surface area contributed by atoms with E-state index in [2.05, 4.69) is 10.3 Å². The summed E-state index contributed by atoms with van der Waals surface area (Å²) in [6.45, 7) is 1.91. The third-order valence-electron chi connectivity index (χ3n) is 5.73. The molecule has 176 valence electrons. The lowest BCUT2D eigenvalue weighted by molar-refractivity contribution is -0.147. The number of piperidine rings is 1. The van der Waals surface area contributed by atoms with Crippen LogP contribution in [0.3, 0.4) is 0 Å². The molecule has 2 aromatic carbocycles. The number of sulfonamides is 1. The van der Waals surface area contributed by atoms with Gasteiger partial charge in [-0.1, -0.05) is 12.1 Å². The number of fused-ring (bicyclic) bond motifs is 1. The highest BCUT2D eigenvalue weighted by Gasteiger charge is 2.38. The van der Waals surface area contributed by atoms with Crippen LogP contribution < -0.4 is 5.32 Å². The van der Waals surface area contributed by atoms with Crippen molar-refractivity contribution in [2.24, 2.45) is 5.92 Å². The van der Waals surface area contributed by atoms with Gasteiger partial charge in [0.05, 0.1) is 15.9 Å². The van der Waals surface area contributed by atoms with Gasteiger partial charge in [0, 0.05) is 32.2 Å². The average Bonchev–Trinajstić information content (AvgIpc) is 3.13. The number of para-hydroxylation sites is 2. The van der Waals surface area contributed by atoms with E-state index in [0.717, 1.165) is 0 Å². The number of halogens is 3. The number of hydrogen-bond donors (Lipinski definition) is 1. The van der Waals surface area contributed by atoms with Crippen LogP contribution >= 0.6 is 0 Å². The van der Waals surface area contributed by atoms with Crippen LogP contribution in [0.1, 0.15) is 25.6 Å². The number of aromatic nitrogens is 2. The molecule has 2 heterocycles. The number of imidazole rings is 1. The summed E-state index contributed by atoms with van der Waals surface area (Å²) in [7, 11) is -3.74. The Morgan fingerprint density at radius 1 is 1.09 bits per heavy atom. The SMILES string of the molecule is CC(=O)Nc1ccc(S(=O)(=O)N2CCC(Cn3c(C(F)(F)F)nc4ccccc43)CC2)cc1. The van der Waals surface area contributed by atoms with Crippen LogP contribution in [0, 0.1) is 5.92 Å². The highest BCUT2D eigenvalue weighted by molar-refractivity contribution is 7.89. The Morgan fingerprint density at radius 3 is 2.33 bits per heavy atom. The van der Waals surface area contributed by atoms with E-state index in [4.69, 9.17) is 0 Å². The quantitative estimate of drug-likeness (QED) is 0.596. The summed E-state index contributed by atoms with van der Waals surface area (Å²) in [6.07, 6.45) is -3.70. The first-order valence-corrected chi connectivity index (χ1v) is 11.9. The normalized spacial score (nSPS) is 16.2. The molecule has 1 N–H and O–H groups in total. The minimum absolute atomic E-state index is 0.106. The highest BCUT2D eigenvalue weighted by Crippen LogP contribution is 2.33. The van der Waals surface area contributed by atoms with E-state index in [1.165, 1.54) is 40.1 Å². The number of benzene rings is 2. The summed E-state index contributed by atoms with van der Waals surface area (Å²) in [5.41, 5.74) is 1.19. The lowest BCUT2D eigenvalue weighted by atomic mass is 9.98. The van der Waals surface area contributed by atoms with E-state index in [-0.39, 0.29) is 41.9 Å². The Hall–Kier alpha value is -2.92. The molecule has 1 aliphatic rings. The molecule has 1 amide bonds. The van der Waals surface area contributed by atoms with Crippen molar-refractivity contribution in [3.63, 3.8) is 0 Å². The molecule has 4 rings (SSSR count). The fraction of sp³-hybridized carbons (Fsp3) is 0.364. The van der Waals surface area contributed by atoms with Gasteiger partial charge in [-0.15, -0.1) is 0 Å². The maximum atomic E-state index is 13.6. The molecular formula is C22H23F3N4O3S. The van der Waals surface area contributed by atoms with E-state index in [9.17, 15) is 26.4 Å². The molecule has 0 spiro atoms. The van der Waals surface area contributed by atoms with Crippen molar-refractivity contribution in [3.8, 4) is 0 Å². The fourth-order valence-corrected chi connectivity index (χ4v) is 5.60. The summed E-state index contributed by atoms with van der Waals surface area (Å²) in [5.74, 6) is -1.30. The van der Waals surface area contributed by atoms with Gasteiger partial charge in [-0.05, 0) is 55.2 Å². The topological polar surface area (TPSA) is 84.3 Å². The average molecular weight is 481 g/mol. The van der Waals surface area contributed by atoms with Crippen molar-refractivity contribution >= 4 is 32.7 Å². The summed E-state index contributed by atoms with van der Waals surface area (Å²) in [6, 6.07) is 12.4. The fourth-order valence-electron chi connectivity index (χ4n) is 4.13. The van der Waals surface area contributed by atoms with E-state index < -0.39 is 22.0 Å². The first kappa shape index (κ1) is 23.2. The van der Waals surface area contributed by atoms with Crippen LogP contribution in [0.25, 0.3) is 11.0 Å². The zero-order chi connectivity index (χ0) is 23.8. The van der Waals surface area contributed by atoms with Crippen molar-refractivity contribution in [2.45, 2.75) is 37.4 Å². The first-order valence-electron chi connectivity index (χ1n) is 10.5. The summed E-state index contributed by atoms with van der Waals surface area (Å²) >= 11 is 0. The number of nitrogens with zero attached hydrogens (tertiary/aromatic N) is 3. The van der Waals surface area contributed by atoms with Crippen LogP contribution in [-0.2, 0) is 27.5 Å². The van der Waals surface area contributed by atoms with Crippen molar-refractivity contribution in [1.29, 1.82) is 0 Å². The summed E-state index contributed by atoms with van der Waals surface area (Å²) in [5, 5.41) is 2.58. The number of carbonyl (C=O) groups is 1. The molecule has 0 saturated carbocycles. The highest BCUT2D eigenvalue weighted by atomic mass is 32.2. The zero-order valence-corrected chi connectivity index (χ0v) is 18.7. The number of amides is 1. The maximum Gasteiger partial charge on any atom is 0.449 e. The Bertz CT molecular complexity index is 1260. The summed E-state index contributed by atoms with van der Waals surface area (Å²) < 4.78 is 69.2. The molecule has 11 heteroatoms. The minimum atomic E-state index is -4.58. The van der Waals surface area contributed by atoms with Crippen molar-refractivity contribution < 1.29 is 26.4 Å². The number of alkyl halides is 3. The molecule has 0 unspecified atom stereocenters. The third kappa shape index (κ3) is 4.88. The molecule has 0 atom stereocenters. The minimum Gasteiger partial charge on any atom is -0.326 e. The van der Waals surface area contributed by atoms with Gasteiger partial charge < -0.3 is 9.88 Å². The Balaban J connectivity index is 1.47. The van der Waals surface area contributed by atoms with Gasteiger partial charge in [0.15, 0.2) is 0 Å². The number of nitrogens with one attached hydrogen (secondary N) is 1. The van der Waals surface area contributed by atoms with Crippen LogP contribution in [0.15, 0.2) is 53.4 Å². The van der Waals surface area contributed by atoms with Crippen LogP contribution in [0.4, 0.5) is 18.9 Å². The number of hydrogen-bond acceptors (Lipinski definition) is 4. The van der Waals surface area contributed by atoms with Gasteiger partial charge in [-0.2, -0.15) is 17.5 Å². The monoisotopic (exact) mass is 480 g/mol. The molecule has 0 bridgehead atoms. The number of carbonyl (C=O) groups excluding carboxylic acids is 1. The molecular weight excluding hydrogens is 457 g/mol. The van der Waals surface area contributed by atoms with Gasteiger partial charge >= 0.3 is 6.18 Å². The van der Waals surface area contributed by atoms with E-state index in [0.29, 0.717) is 24.0 Å².